The zero-order valence-electron chi connectivity index (χ0n) is 6.89. The van der Waals surface area contributed by atoms with Gasteiger partial charge >= 0.3 is 5.97 Å². The van der Waals surface area contributed by atoms with E-state index in [1.807, 2.05) is 0 Å². The summed E-state index contributed by atoms with van der Waals surface area (Å²) < 4.78 is 4.38. The van der Waals surface area contributed by atoms with Crippen LogP contribution in [0.3, 0.4) is 0 Å². The lowest BCUT2D eigenvalue weighted by Gasteiger charge is -2.04. The molecule has 0 aliphatic carbocycles. The first-order valence-corrected chi connectivity index (χ1v) is 3.79. The van der Waals surface area contributed by atoms with Crippen molar-refractivity contribution in [1.29, 1.82) is 0 Å². The van der Waals surface area contributed by atoms with E-state index in [2.05, 4.69) is 10.1 Å². The highest BCUT2D eigenvalue weighted by Gasteiger charge is 2.10. The van der Waals surface area contributed by atoms with Crippen LogP contribution in [-0.2, 0) is 14.3 Å². The monoisotopic (exact) mass is 191 g/mol. The molecule has 4 nitrogen and oxygen atoms in total. The second kappa shape index (κ2) is 5.60. The van der Waals surface area contributed by atoms with E-state index in [0.29, 0.717) is 0 Å². The van der Waals surface area contributed by atoms with Crippen LogP contribution in [0.4, 0.5) is 0 Å². The number of nitrogens with one attached hydrogen (secondary N) is 1. The minimum absolute atomic E-state index is 0.100. The lowest BCUT2D eigenvalue weighted by molar-refractivity contribution is -0.137. The zero-order valence-corrected chi connectivity index (χ0v) is 7.64. The summed E-state index contributed by atoms with van der Waals surface area (Å²) in [5.41, 5.74) is 0.100. The van der Waals surface area contributed by atoms with Crippen molar-refractivity contribution in [3.05, 3.63) is 11.8 Å². The Morgan fingerprint density at radius 3 is 2.50 bits per heavy atom. The molecule has 12 heavy (non-hydrogen) atoms. The number of halogens is 1. The molecule has 0 aromatic heterocycles. The van der Waals surface area contributed by atoms with Gasteiger partial charge in [0.2, 0.25) is 5.91 Å². The second-order valence-electron chi connectivity index (χ2n) is 1.88. The fraction of sp³-hybridized carbons (Fsp3) is 0.429. The van der Waals surface area contributed by atoms with Gasteiger partial charge in [0, 0.05) is 0 Å². The van der Waals surface area contributed by atoms with E-state index >= 15 is 0 Å². The molecule has 0 spiro atoms. The molecule has 0 aromatic carbocycles. The molecule has 0 fully saturated rings. The molecule has 0 radical (unpaired) electrons. The van der Waals surface area contributed by atoms with Gasteiger partial charge in [-0.05, 0) is 6.92 Å². The predicted octanol–water partition coefficient (Wildman–Crippen LogP) is 0.418. The van der Waals surface area contributed by atoms with E-state index in [-0.39, 0.29) is 11.6 Å². The summed E-state index contributed by atoms with van der Waals surface area (Å²) in [6.45, 7) is 1.61. The van der Waals surface area contributed by atoms with Crippen molar-refractivity contribution >= 4 is 23.5 Å². The fourth-order valence-corrected chi connectivity index (χ4v) is 0.601. The molecule has 0 unspecified atom stereocenters. The molecule has 0 saturated carbocycles. The third-order valence-electron chi connectivity index (χ3n) is 1.09. The molecule has 0 aliphatic heterocycles. The highest BCUT2D eigenvalue weighted by Crippen LogP contribution is 1.92. The van der Waals surface area contributed by atoms with Crippen LogP contribution in [0, 0.1) is 0 Å². The Balaban J connectivity index is 4.20. The summed E-state index contributed by atoms with van der Waals surface area (Å²) in [5.74, 6) is -1.21. The van der Waals surface area contributed by atoms with Crippen molar-refractivity contribution in [3.63, 3.8) is 0 Å². The summed E-state index contributed by atoms with van der Waals surface area (Å²) in [4.78, 5) is 21.6. The number of allylic oxidation sites excluding steroid dienone is 1. The maximum Gasteiger partial charge on any atom is 0.354 e. The first-order chi connectivity index (χ1) is 5.65. The van der Waals surface area contributed by atoms with Gasteiger partial charge in [-0.1, -0.05) is 6.08 Å². The van der Waals surface area contributed by atoms with E-state index in [4.69, 9.17) is 11.6 Å². The Kier molecular flexibility index (Phi) is 5.12. The van der Waals surface area contributed by atoms with Gasteiger partial charge in [0.25, 0.3) is 0 Å². The van der Waals surface area contributed by atoms with Gasteiger partial charge in [-0.2, -0.15) is 0 Å². The molecule has 1 amide bonds. The van der Waals surface area contributed by atoms with Crippen molar-refractivity contribution in [3.8, 4) is 0 Å². The number of hydrogen-bond acceptors (Lipinski definition) is 3. The van der Waals surface area contributed by atoms with Crippen LogP contribution in [0.15, 0.2) is 11.8 Å². The summed E-state index contributed by atoms with van der Waals surface area (Å²) in [6, 6.07) is 0. The highest BCUT2D eigenvalue weighted by atomic mass is 35.5. The van der Waals surface area contributed by atoms with Crippen LogP contribution in [0.5, 0.6) is 0 Å². The van der Waals surface area contributed by atoms with E-state index in [0.717, 1.165) is 0 Å². The number of carbonyl (C=O) groups excluding carboxylic acids is 2. The number of amides is 1. The molecule has 0 bridgehead atoms. The van der Waals surface area contributed by atoms with Crippen molar-refractivity contribution in [2.45, 2.75) is 6.92 Å². The standard InChI is InChI=1S/C7H10ClNO3/c1-3-5(7(11)12-2)9-6(10)4-8/h3H,4H2,1-2H3,(H,9,10)/b5-3+. The number of hydrogen-bond donors (Lipinski definition) is 1. The third-order valence-corrected chi connectivity index (χ3v) is 1.33. The average molecular weight is 192 g/mol. The Hall–Kier alpha value is -1.03. The van der Waals surface area contributed by atoms with Crippen LogP contribution in [0.25, 0.3) is 0 Å². The van der Waals surface area contributed by atoms with Crippen molar-refractivity contribution in [2.24, 2.45) is 0 Å². The van der Waals surface area contributed by atoms with Crippen LogP contribution >= 0.6 is 11.6 Å². The number of ether oxygens (including phenoxy) is 1. The van der Waals surface area contributed by atoms with Crippen molar-refractivity contribution in [2.75, 3.05) is 13.0 Å². The molecule has 0 aromatic rings. The molecule has 5 heteroatoms. The predicted molar refractivity (Wildman–Crippen MR) is 44.6 cm³/mol. The largest absolute Gasteiger partial charge is 0.464 e. The number of alkyl halides is 1. The van der Waals surface area contributed by atoms with Crippen molar-refractivity contribution < 1.29 is 14.3 Å². The normalized spacial score (nSPS) is 10.8. The maximum atomic E-state index is 10.8. The molecule has 0 heterocycles. The van der Waals surface area contributed by atoms with Crippen LogP contribution < -0.4 is 5.32 Å². The third kappa shape index (κ3) is 3.39. The molecular weight excluding hydrogens is 182 g/mol. The summed E-state index contributed by atoms with van der Waals surface area (Å²) >= 11 is 5.21. The number of methoxy groups -OCH3 is 1. The first kappa shape index (κ1) is 11.0. The van der Waals surface area contributed by atoms with Gasteiger partial charge in [-0.25, -0.2) is 4.79 Å². The minimum Gasteiger partial charge on any atom is -0.464 e. The topological polar surface area (TPSA) is 55.4 Å². The van der Waals surface area contributed by atoms with Gasteiger partial charge in [-0.15, -0.1) is 11.6 Å². The smallest absolute Gasteiger partial charge is 0.354 e. The Morgan fingerprint density at radius 1 is 1.58 bits per heavy atom. The highest BCUT2D eigenvalue weighted by molar-refractivity contribution is 6.27. The number of rotatable bonds is 3. The van der Waals surface area contributed by atoms with Gasteiger partial charge < -0.3 is 10.1 Å². The van der Waals surface area contributed by atoms with Crippen LogP contribution in [-0.4, -0.2) is 24.9 Å². The number of carbonyl (C=O) groups is 2. The Bertz CT molecular complexity index is 213. The van der Waals surface area contributed by atoms with E-state index in [1.165, 1.54) is 13.2 Å². The molecule has 0 saturated heterocycles. The molecule has 0 rings (SSSR count). The SMILES string of the molecule is C/C=C(/NC(=O)CCl)C(=O)OC. The second-order valence-corrected chi connectivity index (χ2v) is 2.14. The zero-order chi connectivity index (χ0) is 9.56. The van der Waals surface area contributed by atoms with Crippen molar-refractivity contribution in [1.82, 2.24) is 5.32 Å². The van der Waals surface area contributed by atoms with E-state index in [9.17, 15) is 9.59 Å². The molecule has 0 aliphatic rings. The van der Waals surface area contributed by atoms with E-state index < -0.39 is 11.9 Å². The molecule has 0 atom stereocenters. The lowest BCUT2D eigenvalue weighted by atomic mass is 10.4. The van der Waals surface area contributed by atoms with Crippen LogP contribution in [0.2, 0.25) is 0 Å². The Morgan fingerprint density at radius 2 is 2.17 bits per heavy atom. The summed E-state index contributed by atoms with van der Waals surface area (Å²) in [7, 11) is 1.23. The summed E-state index contributed by atoms with van der Waals surface area (Å²) in [5, 5.41) is 2.28. The first-order valence-electron chi connectivity index (χ1n) is 3.26. The van der Waals surface area contributed by atoms with Gasteiger partial charge in [-0.3, -0.25) is 4.79 Å². The maximum absolute atomic E-state index is 10.8. The molecule has 68 valence electrons. The van der Waals surface area contributed by atoms with E-state index in [1.54, 1.807) is 6.92 Å². The van der Waals surface area contributed by atoms with Gasteiger partial charge in [0.1, 0.15) is 11.6 Å². The van der Waals surface area contributed by atoms with Crippen LogP contribution in [0.1, 0.15) is 6.92 Å². The molecule has 1 N–H and O–H groups in total. The quantitative estimate of drug-likeness (QED) is 0.400. The lowest BCUT2D eigenvalue weighted by Crippen LogP contribution is -2.28. The average Bonchev–Trinajstić information content (AvgIpc) is 2.12. The summed E-state index contributed by atoms with van der Waals surface area (Å²) in [6.07, 6.45) is 1.44. The Labute approximate surface area is 75.5 Å². The molecular formula is C7H10ClNO3. The number of esters is 1. The minimum atomic E-state index is -0.587. The van der Waals surface area contributed by atoms with Gasteiger partial charge in [0.05, 0.1) is 7.11 Å². The fourth-order valence-electron chi connectivity index (χ4n) is 0.535. The van der Waals surface area contributed by atoms with Gasteiger partial charge in [0.15, 0.2) is 0 Å².